The zero-order valence-electron chi connectivity index (χ0n) is 12.9. The number of hydrogen-bond acceptors (Lipinski definition) is 1. The van der Waals surface area contributed by atoms with Crippen molar-refractivity contribution in [2.75, 3.05) is 6.54 Å². The molecule has 1 fully saturated rings. The highest BCUT2D eigenvalue weighted by molar-refractivity contribution is 6.31. The summed E-state index contributed by atoms with van der Waals surface area (Å²) in [5.41, 5.74) is 1.08. The molecule has 1 amide bonds. The Labute approximate surface area is 132 Å². The highest BCUT2D eigenvalue weighted by Gasteiger charge is 2.21. The van der Waals surface area contributed by atoms with Gasteiger partial charge >= 0.3 is 0 Å². The van der Waals surface area contributed by atoms with Crippen molar-refractivity contribution in [3.63, 3.8) is 0 Å². The van der Waals surface area contributed by atoms with Crippen LogP contribution < -0.4 is 10.6 Å². The van der Waals surface area contributed by atoms with Gasteiger partial charge in [0, 0.05) is 16.6 Å². The molecule has 1 aromatic carbocycles. The molecule has 0 heterocycles. The number of carbonyl (C=O) groups excluding carboxylic acids is 1. The average Bonchev–Trinajstić information content (AvgIpc) is 2.48. The van der Waals surface area contributed by atoms with Crippen molar-refractivity contribution in [1.29, 1.82) is 0 Å². The molecule has 0 aromatic heterocycles. The Bertz CT molecular complexity index is 470. The fourth-order valence-corrected chi connectivity index (χ4v) is 3.25. The molecule has 0 spiro atoms. The van der Waals surface area contributed by atoms with E-state index in [9.17, 15) is 4.79 Å². The number of amides is 1. The molecule has 2 rings (SSSR count). The third-order valence-electron chi connectivity index (χ3n) is 4.43. The lowest BCUT2D eigenvalue weighted by Gasteiger charge is -2.26. The van der Waals surface area contributed by atoms with Crippen molar-refractivity contribution in [2.45, 2.75) is 51.6 Å². The van der Waals surface area contributed by atoms with Crippen LogP contribution in [0.25, 0.3) is 0 Å². The van der Waals surface area contributed by atoms with Crippen LogP contribution in [0.1, 0.15) is 51.1 Å². The molecule has 4 heteroatoms. The first kappa shape index (κ1) is 16.3. The topological polar surface area (TPSA) is 45.7 Å². The maximum absolute atomic E-state index is 12.0. The van der Waals surface area contributed by atoms with Crippen molar-refractivity contribution in [3.05, 3.63) is 34.9 Å². The lowest BCUT2D eigenvalue weighted by Crippen LogP contribution is -2.87. The number of quaternary nitrogens is 1. The smallest absolute Gasteiger partial charge is 0.275 e. The zero-order chi connectivity index (χ0) is 15.2. The summed E-state index contributed by atoms with van der Waals surface area (Å²) in [4.78, 5) is 12.0. The fourth-order valence-electron chi connectivity index (χ4n) is 2.95. The summed E-state index contributed by atoms with van der Waals surface area (Å²) >= 11 is 6.18. The number of benzene rings is 1. The number of rotatable bonds is 5. The van der Waals surface area contributed by atoms with E-state index in [4.69, 9.17) is 11.6 Å². The van der Waals surface area contributed by atoms with Crippen molar-refractivity contribution < 1.29 is 10.1 Å². The van der Waals surface area contributed by atoms with Crippen molar-refractivity contribution in [2.24, 2.45) is 5.92 Å². The van der Waals surface area contributed by atoms with Gasteiger partial charge in [0.15, 0.2) is 6.54 Å². The maximum atomic E-state index is 12.0. The summed E-state index contributed by atoms with van der Waals surface area (Å²) in [7, 11) is 0. The van der Waals surface area contributed by atoms with E-state index in [2.05, 4.69) is 19.2 Å². The van der Waals surface area contributed by atoms with E-state index in [0.29, 0.717) is 12.6 Å². The zero-order valence-corrected chi connectivity index (χ0v) is 13.7. The summed E-state index contributed by atoms with van der Waals surface area (Å²) in [5, 5.41) is 5.97. The fraction of sp³-hybridized carbons (Fsp3) is 0.588. The molecule has 21 heavy (non-hydrogen) atoms. The molecule has 3 nitrogen and oxygen atoms in total. The maximum Gasteiger partial charge on any atom is 0.275 e. The number of nitrogens with two attached hydrogens (primary N) is 1. The SMILES string of the molecule is CC1CCC(NC(=O)C[NH2+][C@H](C)c2ccccc2Cl)CC1. The predicted octanol–water partition coefficient (Wildman–Crippen LogP) is 2.66. The first-order valence-corrected chi connectivity index (χ1v) is 8.31. The number of nitrogens with one attached hydrogen (secondary N) is 1. The molecule has 1 saturated carbocycles. The van der Waals surface area contributed by atoms with Gasteiger partial charge in [0.05, 0.1) is 0 Å². The van der Waals surface area contributed by atoms with Crippen LogP contribution >= 0.6 is 11.6 Å². The summed E-state index contributed by atoms with van der Waals surface area (Å²) in [6, 6.07) is 8.38. The second-order valence-corrected chi connectivity index (χ2v) is 6.68. The molecular formula is C17H26ClN2O+. The Hall–Kier alpha value is -1.06. The molecule has 1 aliphatic carbocycles. The van der Waals surface area contributed by atoms with E-state index in [-0.39, 0.29) is 11.9 Å². The molecule has 0 unspecified atom stereocenters. The molecule has 116 valence electrons. The minimum atomic E-state index is 0.133. The first-order chi connectivity index (χ1) is 10.1. The van der Waals surface area contributed by atoms with Gasteiger partial charge < -0.3 is 10.6 Å². The van der Waals surface area contributed by atoms with Crippen LogP contribution in [0, 0.1) is 5.92 Å². The summed E-state index contributed by atoms with van der Waals surface area (Å²) in [6.45, 7) is 4.83. The lowest BCUT2D eigenvalue weighted by molar-refractivity contribution is -0.682. The Morgan fingerprint density at radius 2 is 2.00 bits per heavy atom. The normalized spacial score (nSPS) is 23.6. The highest BCUT2D eigenvalue weighted by atomic mass is 35.5. The van der Waals surface area contributed by atoms with Crippen LogP contribution in [0.2, 0.25) is 5.02 Å². The minimum Gasteiger partial charge on any atom is -0.348 e. The van der Waals surface area contributed by atoms with Crippen molar-refractivity contribution in [1.82, 2.24) is 5.32 Å². The largest absolute Gasteiger partial charge is 0.348 e. The van der Waals surface area contributed by atoms with Gasteiger partial charge in [0.25, 0.3) is 5.91 Å². The Morgan fingerprint density at radius 1 is 1.33 bits per heavy atom. The molecule has 0 aliphatic heterocycles. The van der Waals surface area contributed by atoms with Crippen LogP contribution in [-0.4, -0.2) is 18.5 Å². The van der Waals surface area contributed by atoms with E-state index in [1.54, 1.807) is 0 Å². The molecule has 1 atom stereocenters. The second-order valence-electron chi connectivity index (χ2n) is 6.27. The van der Waals surface area contributed by atoms with Gasteiger partial charge in [-0.3, -0.25) is 4.79 Å². The molecule has 0 radical (unpaired) electrons. The Balaban J connectivity index is 1.75. The number of halogens is 1. The van der Waals surface area contributed by atoms with Gasteiger partial charge in [-0.2, -0.15) is 0 Å². The van der Waals surface area contributed by atoms with Gasteiger partial charge in [-0.15, -0.1) is 0 Å². The van der Waals surface area contributed by atoms with Crippen LogP contribution in [0.3, 0.4) is 0 Å². The second kappa shape index (κ2) is 7.81. The number of carbonyl (C=O) groups is 1. The Morgan fingerprint density at radius 3 is 2.67 bits per heavy atom. The molecular weight excluding hydrogens is 284 g/mol. The van der Waals surface area contributed by atoms with Gasteiger partial charge in [0.1, 0.15) is 6.04 Å². The van der Waals surface area contributed by atoms with E-state index in [1.807, 2.05) is 29.6 Å². The molecule has 1 aromatic rings. The van der Waals surface area contributed by atoms with Crippen molar-refractivity contribution >= 4 is 17.5 Å². The molecule has 0 saturated heterocycles. The van der Waals surface area contributed by atoms with E-state index >= 15 is 0 Å². The lowest BCUT2D eigenvalue weighted by atomic mass is 9.87. The van der Waals surface area contributed by atoms with E-state index in [1.165, 1.54) is 12.8 Å². The van der Waals surface area contributed by atoms with Gasteiger partial charge in [-0.05, 0) is 44.6 Å². The highest BCUT2D eigenvalue weighted by Crippen LogP contribution is 2.23. The third-order valence-corrected chi connectivity index (χ3v) is 4.78. The molecule has 1 aliphatic rings. The molecule has 3 N–H and O–H groups in total. The monoisotopic (exact) mass is 309 g/mol. The van der Waals surface area contributed by atoms with E-state index < -0.39 is 0 Å². The number of hydrogen-bond donors (Lipinski definition) is 2. The van der Waals surface area contributed by atoms with Crippen LogP contribution in [0.5, 0.6) is 0 Å². The van der Waals surface area contributed by atoms with Gasteiger partial charge in [-0.1, -0.05) is 36.7 Å². The first-order valence-electron chi connectivity index (χ1n) is 7.93. The Kier molecular flexibility index (Phi) is 6.07. The van der Waals surface area contributed by atoms with E-state index in [0.717, 1.165) is 29.3 Å². The van der Waals surface area contributed by atoms with Crippen molar-refractivity contribution in [3.8, 4) is 0 Å². The summed E-state index contributed by atoms with van der Waals surface area (Å²) in [5.74, 6) is 0.943. The summed E-state index contributed by atoms with van der Waals surface area (Å²) < 4.78 is 0. The standard InChI is InChI=1S/C17H25ClN2O/c1-12-7-9-14(10-8-12)20-17(21)11-19-13(2)15-5-3-4-6-16(15)18/h3-6,12-14,19H,7-11H2,1-2H3,(H,20,21)/p+1/t12?,13-,14?/m1/s1. The average molecular weight is 310 g/mol. The van der Waals surface area contributed by atoms with Crippen LogP contribution in [0.4, 0.5) is 0 Å². The van der Waals surface area contributed by atoms with Crippen LogP contribution in [-0.2, 0) is 4.79 Å². The van der Waals surface area contributed by atoms with Crippen LogP contribution in [0.15, 0.2) is 24.3 Å². The van der Waals surface area contributed by atoms with Gasteiger partial charge in [-0.25, -0.2) is 0 Å². The minimum absolute atomic E-state index is 0.133. The quantitative estimate of drug-likeness (QED) is 0.863. The molecule has 0 bridgehead atoms. The third kappa shape index (κ3) is 5.01. The summed E-state index contributed by atoms with van der Waals surface area (Å²) in [6.07, 6.45) is 4.69. The predicted molar refractivity (Wildman–Crippen MR) is 86.2 cm³/mol. The van der Waals surface area contributed by atoms with Gasteiger partial charge in [0.2, 0.25) is 0 Å².